The third-order valence-corrected chi connectivity index (χ3v) is 5.39. The molecule has 5 nitrogen and oxygen atoms in total. The summed E-state index contributed by atoms with van der Waals surface area (Å²) in [5, 5.41) is 14.3. The van der Waals surface area contributed by atoms with E-state index in [2.05, 4.69) is 17.4 Å². The lowest BCUT2D eigenvalue weighted by Gasteiger charge is -2.60. The van der Waals surface area contributed by atoms with Crippen LogP contribution < -0.4 is 11.1 Å². The maximum Gasteiger partial charge on any atom is 0.226 e. The van der Waals surface area contributed by atoms with Crippen LogP contribution in [0.2, 0.25) is 0 Å². The monoisotopic (exact) mass is 265 g/mol. The van der Waals surface area contributed by atoms with E-state index in [1.807, 2.05) is 0 Å². The van der Waals surface area contributed by atoms with Gasteiger partial charge in [0, 0.05) is 0 Å². The van der Waals surface area contributed by atoms with Crippen molar-refractivity contribution < 1.29 is 10.0 Å². The Bertz CT molecular complexity index is 418. The Labute approximate surface area is 113 Å². The zero-order valence-electron chi connectivity index (χ0n) is 11.5. The molecule has 0 aromatic rings. The van der Waals surface area contributed by atoms with Crippen molar-refractivity contribution in [2.75, 3.05) is 6.54 Å². The first-order valence-electron chi connectivity index (χ1n) is 7.19. The molecule has 2 atom stereocenters. The van der Waals surface area contributed by atoms with Gasteiger partial charge in [-0.2, -0.15) is 0 Å². The molecule has 19 heavy (non-hydrogen) atoms. The summed E-state index contributed by atoms with van der Waals surface area (Å²) < 4.78 is 0. The minimum Gasteiger partial charge on any atom is -0.409 e. The molecule has 0 radical (unpaired) electrons. The summed E-state index contributed by atoms with van der Waals surface area (Å²) in [7, 11) is 0. The molecule has 4 bridgehead atoms. The van der Waals surface area contributed by atoms with Gasteiger partial charge in [-0.05, 0) is 55.8 Å². The highest BCUT2D eigenvalue weighted by atomic mass is 16.4. The minimum atomic E-state index is -0.186. The van der Waals surface area contributed by atoms with Crippen molar-refractivity contribution in [3.63, 3.8) is 0 Å². The molecule has 0 spiro atoms. The van der Waals surface area contributed by atoms with E-state index in [4.69, 9.17) is 10.9 Å². The van der Waals surface area contributed by atoms with Crippen molar-refractivity contribution in [1.29, 1.82) is 0 Å². The molecule has 4 fully saturated rings. The van der Waals surface area contributed by atoms with E-state index in [0.717, 1.165) is 31.1 Å². The lowest BCUT2D eigenvalue weighted by Crippen LogP contribution is -2.57. The Morgan fingerprint density at radius 2 is 2.00 bits per heavy atom. The van der Waals surface area contributed by atoms with E-state index in [-0.39, 0.29) is 23.7 Å². The third kappa shape index (κ3) is 2.09. The first-order chi connectivity index (χ1) is 8.95. The van der Waals surface area contributed by atoms with Gasteiger partial charge in [-0.3, -0.25) is 4.79 Å². The van der Waals surface area contributed by atoms with Crippen LogP contribution in [-0.4, -0.2) is 23.5 Å². The van der Waals surface area contributed by atoms with Crippen LogP contribution in [0.5, 0.6) is 0 Å². The lowest BCUT2D eigenvalue weighted by atomic mass is 9.44. The molecule has 0 aromatic heterocycles. The van der Waals surface area contributed by atoms with Crippen LogP contribution in [0.25, 0.3) is 0 Å². The van der Waals surface area contributed by atoms with E-state index in [9.17, 15) is 4.79 Å². The molecule has 5 heteroatoms. The lowest BCUT2D eigenvalue weighted by molar-refractivity contribution is -0.155. The van der Waals surface area contributed by atoms with E-state index < -0.39 is 0 Å². The minimum absolute atomic E-state index is 0.0595. The quantitative estimate of drug-likeness (QED) is 0.312. The second kappa shape index (κ2) is 4.12. The van der Waals surface area contributed by atoms with Gasteiger partial charge in [0.25, 0.3) is 0 Å². The second-order valence-corrected chi connectivity index (χ2v) is 7.33. The smallest absolute Gasteiger partial charge is 0.226 e. The van der Waals surface area contributed by atoms with Crippen molar-refractivity contribution in [3.05, 3.63) is 0 Å². The zero-order valence-corrected chi connectivity index (χ0v) is 11.5. The maximum atomic E-state index is 12.6. The summed E-state index contributed by atoms with van der Waals surface area (Å²) in [5.41, 5.74) is 5.60. The normalized spacial score (nSPS) is 44.4. The number of nitrogens with one attached hydrogen (secondary N) is 1. The molecule has 4 N–H and O–H groups in total. The van der Waals surface area contributed by atoms with Crippen LogP contribution in [0, 0.1) is 22.7 Å². The van der Waals surface area contributed by atoms with Gasteiger partial charge >= 0.3 is 0 Å². The number of amides is 1. The number of oxime groups is 1. The average Bonchev–Trinajstić information content (AvgIpc) is 2.32. The summed E-state index contributed by atoms with van der Waals surface area (Å²) in [6.07, 6.45) is 6.96. The van der Waals surface area contributed by atoms with Gasteiger partial charge < -0.3 is 16.3 Å². The predicted octanol–water partition coefficient (Wildman–Crippen LogP) is 1.46. The first-order valence-corrected chi connectivity index (χ1v) is 7.19. The SMILES string of the molecule is CC12CC3CC(C1)CC(C(=O)NCC(N)=NO)(C3)C2. The predicted molar refractivity (Wildman–Crippen MR) is 71.6 cm³/mol. The van der Waals surface area contributed by atoms with Crippen LogP contribution in [-0.2, 0) is 4.79 Å². The van der Waals surface area contributed by atoms with Gasteiger partial charge in [0.2, 0.25) is 5.91 Å². The van der Waals surface area contributed by atoms with Crippen LogP contribution in [0.1, 0.15) is 45.4 Å². The van der Waals surface area contributed by atoms with Gasteiger partial charge in [0.05, 0.1) is 12.0 Å². The topological polar surface area (TPSA) is 87.7 Å². The molecule has 1 amide bonds. The molecule has 106 valence electrons. The number of nitrogens with two attached hydrogens (primary N) is 1. The van der Waals surface area contributed by atoms with E-state index >= 15 is 0 Å². The van der Waals surface area contributed by atoms with Gasteiger partial charge in [-0.25, -0.2) is 0 Å². The van der Waals surface area contributed by atoms with Crippen LogP contribution in [0.4, 0.5) is 0 Å². The van der Waals surface area contributed by atoms with Gasteiger partial charge in [-0.15, -0.1) is 0 Å². The van der Waals surface area contributed by atoms with E-state index in [0.29, 0.717) is 5.41 Å². The number of hydrogen-bond acceptors (Lipinski definition) is 3. The van der Waals surface area contributed by atoms with Crippen molar-refractivity contribution in [1.82, 2.24) is 5.32 Å². The molecule has 4 saturated carbocycles. The van der Waals surface area contributed by atoms with Crippen molar-refractivity contribution in [2.24, 2.45) is 33.6 Å². The van der Waals surface area contributed by atoms with Gasteiger partial charge in [-0.1, -0.05) is 12.1 Å². The van der Waals surface area contributed by atoms with Crippen molar-refractivity contribution >= 4 is 11.7 Å². The van der Waals surface area contributed by atoms with Crippen molar-refractivity contribution in [3.8, 4) is 0 Å². The third-order valence-electron chi connectivity index (χ3n) is 5.39. The number of carbonyl (C=O) groups excluding carboxylic acids is 1. The highest BCUT2D eigenvalue weighted by molar-refractivity contribution is 5.89. The fraction of sp³-hybridized carbons (Fsp3) is 0.857. The number of carbonyl (C=O) groups is 1. The van der Waals surface area contributed by atoms with Crippen LogP contribution in [0.15, 0.2) is 5.16 Å². The number of nitrogens with zero attached hydrogens (tertiary/aromatic N) is 1. The van der Waals surface area contributed by atoms with Crippen LogP contribution >= 0.6 is 0 Å². The molecule has 2 unspecified atom stereocenters. The zero-order chi connectivity index (χ0) is 13.7. The molecular formula is C14H23N3O2. The van der Waals surface area contributed by atoms with Crippen molar-refractivity contribution in [2.45, 2.75) is 45.4 Å². The molecular weight excluding hydrogens is 242 g/mol. The molecule has 0 saturated heterocycles. The Morgan fingerprint density at radius 3 is 2.53 bits per heavy atom. The van der Waals surface area contributed by atoms with Crippen LogP contribution in [0.3, 0.4) is 0 Å². The molecule has 4 aliphatic carbocycles. The summed E-state index contributed by atoms with van der Waals surface area (Å²) in [6, 6.07) is 0. The number of rotatable bonds is 3. The Kier molecular flexibility index (Phi) is 2.76. The highest BCUT2D eigenvalue weighted by Crippen LogP contribution is 2.65. The summed E-state index contributed by atoms with van der Waals surface area (Å²) >= 11 is 0. The maximum absolute atomic E-state index is 12.6. The molecule has 4 rings (SSSR count). The van der Waals surface area contributed by atoms with Gasteiger partial charge in [0.1, 0.15) is 0 Å². The number of hydrogen-bond donors (Lipinski definition) is 3. The summed E-state index contributed by atoms with van der Waals surface area (Å²) in [4.78, 5) is 12.6. The molecule has 4 aliphatic rings. The van der Waals surface area contributed by atoms with Gasteiger partial charge in [0.15, 0.2) is 5.84 Å². The highest BCUT2D eigenvalue weighted by Gasteiger charge is 2.58. The fourth-order valence-corrected chi connectivity index (χ4v) is 5.38. The van der Waals surface area contributed by atoms with E-state index in [1.165, 1.54) is 19.3 Å². The first kappa shape index (κ1) is 12.8. The largest absolute Gasteiger partial charge is 0.409 e. The summed E-state index contributed by atoms with van der Waals surface area (Å²) in [5.74, 6) is 1.62. The fourth-order valence-electron chi connectivity index (χ4n) is 5.38. The molecule has 0 aromatic carbocycles. The second-order valence-electron chi connectivity index (χ2n) is 7.33. The average molecular weight is 265 g/mol. The Morgan fingerprint density at radius 1 is 1.37 bits per heavy atom. The Balaban J connectivity index is 1.74. The number of amidine groups is 1. The van der Waals surface area contributed by atoms with E-state index in [1.54, 1.807) is 0 Å². The standard InChI is InChI=1S/C14H23N3O2/c1-13-3-9-2-10(4-13)6-14(5-9,8-13)12(18)16-7-11(15)17-19/h9-10,19H,2-8H2,1H3,(H2,15,17)(H,16,18). The summed E-state index contributed by atoms with van der Waals surface area (Å²) in [6.45, 7) is 2.49. The molecule has 0 aliphatic heterocycles. The molecule has 0 heterocycles. The Hall–Kier alpha value is -1.26.